The third-order valence-electron chi connectivity index (χ3n) is 2.10. The molecule has 2 unspecified atom stereocenters. The smallest absolute Gasteiger partial charge is 0.307 e. The molecule has 1 rings (SSSR count). The fourth-order valence-electron chi connectivity index (χ4n) is 1.35. The van der Waals surface area contributed by atoms with E-state index in [-0.39, 0.29) is 5.92 Å². The van der Waals surface area contributed by atoms with Gasteiger partial charge in [-0.05, 0) is 6.42 Å². The van der Waals surface area contributed by atoms with Crippen LogP contribution in [0.1, 0.15) is 6.42 Å². The summed E-state index contributed by atoms with van der Waals surface area (Å²) in [5.41, 5.74) is 5.06. The molecular weight excluding hydrogens is 160 g/mol. The van der Waals surface area contributed by atoms with E-state index in [0.717, 1.165) is 0 Å². The normalized spacial score (nSPS) is 29.7. The highest BCUT2D eigenvalue weighted by atomic mass is 16.4. The molecule has 0 aromatic rings. The number of carboxylic acid groups (broad SMARTS) is 1. The number of rotatable bonds is 2. The first-order chi connectivity index (χ1) is 5.61. The average molecular weight is 172 g/mol. The number of hydrogen-bond donors (Lipinski definition) is 3. The minimum atomic E-state index is -0.867. The molecule has 5 nitrogen and oxygen atoms in total. The van der Waals surface area contributed by atoms with Gasteiger partial charge >= 0.3 is 5.97 Å². The Bertz CT molecular complexity index is 185. The Morgan fingerprint density at radius 2 is 1.92 bits per heavy atom. The Morgan fingerprint density at radius 1 is 1.33 bits per heavy atom. The lowest BCUT2D eigenvalue weighted by atomic mass is 9.90. The molecule has 1 heterocycles. The molecule has 0 aromatic heterocycles. The Morgan fingerprint density at radius 3 is 2.42 bits per heavy atom. The fourth-order valence-corrected chi connectivity index (χ4v) is 1.35. The van der Waals surface area contributed by atoms with Crippen molar-refractivity contribution in [2.75, 3.05) is 13.1 Å². The van der Waals surface area contributed by atoms with E-state index in [2.05, 4.69) is 5.32 Å². The van der Waals surface area contributed by atoms with Crippen molar-refractivity contribution in [3.8, 4) is 0 Å². The van der Waals surface area contributed by atoms with Crippen LogP contribution in [0, 0.1) is 11.8 Å². The first-order valence-electron chi connectivity index (χ1n) is 3.84. The summed E-state index contributed by atoms with van der Waals surface area (Å²) in [5.74, 6) is -2.10. The molecule has 1 saturated heterocycles. The molecule has 1 fully saturated rings. The highest BCUT2D eigenvalue weighted by Gasteiger charge is 2.29. The number of nitrogens with two attached hydrogens (primary N) is 1. The summed E-state index contributed by atoms with van der Waals surface area (Å²) in [6.45, 7) is 0.929. The van der Waals surface area contributed by atoms with Crippen LogP contribution in [0.4, 0.5) is 0 Å². The van der Waals surface area contributed by atoms with E-state index in [4.69, 9.17) is 10.8 Å². The predicted octanol–water partition coefficient (Wildman–Crippen LogP) is -1.22. The van der Waals surface area contributed by atoms with Gasteiger partial charge in [-0.3, -0.25) is 9.59 Å². The standard InChI is InChI=1S/C7H12N2O3/c8-6(10)4-1-5(7(11)12)3-9-2-4/h4-5,9H,1-3H2,(H2,8,10)(H,11,12). The van der Waals surface area contributed by atoms with Gasteiger partial charge in [-0.25, -0.2) is 0 Å². The lowest BCUT2D eigenvalue weighted by molar-refractivity contribution is -0.143. The van der Waals surface area contributed by atoms with Crippen molar-refractivity contribution in [1.82, 2.24) is 5.32 Å². The number of carboxylic acids is 1. The van der Waals surface area contributed by atoms with Gasteiger partial charge in [0, 0.05) is 13.1 Å². The monoisotopic (exact) mass is 172 g/mol. The summed E-state index contributed by atoms with van der Waals surface area (Å²) >= 11 is 0. The van der Waals surface area contributed by atoms with Crippen LogP contribution in [0.2, 0.25) is 0 Å². The maximum atomic E-state index is 10.7. The maximum Gasteiger partial charge on any atom is 0.307 e. The van der Waals surface area contributed by atoms with Crippen molar-refractivity contribution < 1.29 is 14.7 Å². The summed E-state index contributed by atoms with van der Waals surface area (Å²) in [5, 5.41) is 11.5. The van der Waals surface area contributed by atoms with Gasteiger partial charge in [0.1, 0.15) is 0 Å². The lowest BCUT2D eigenvalue weighted by Crippen LogP contribution is -2.44. The fraction of sp³-hybridized carbons (Fsp3) is 0.714. The van der Waals surface area contributed by atoms with Crippen LogP contribution in [0.15, 0.2) is 0 Å². The number of carbonyl (C=O) groups excluding carboxylic acids is 1. The van der Waals surface area contributed by atoms with Crippen molar-refractivity contribution in [3.63, 3.8) is 0 Å². The summed E-state index contributed by atoms with van der Waals surface area (Å²) in [6, 6.07) is 0. The Balaban J connectivity index is 2.51. The highest BCUT2D eigenvalue weighted by Crippen LogP contribution is 2.15. The first-order valence-corrected chi connectivity index (χ1v) is 3.84. The second-order valence-electron chi connectivity index (χ2n) is 3.03. The number of aliphatic carboxylic acids is 1. The molecule has 2 atom stereocenters. The SMILES string of the molecule is NC(=O)C1CNCC(C(=O)O)C1. The second-order valence-corrected chi connectivity index (χ2v) is 3.03. The van der Waals surface area contributed by atoms with Gasteiger partial charge in [0.05, 0.1) is 11.8 Å². The minimum Gasteiger partial charge on any atom is -0.481 e. The van der Waals surface area contributed by atoms with Gasteiger partial charge in [-0.1, -0.05) is 0 Å². The van der Waals surface area contributed by atoms with Crippen LogP contribution in [0.25, 0.3) is 0 Å². The first kappa shape index (κ1) is 8.99. The predicted molar refractivity (Wildman–Crippen MR) is 41.3 cm³/mol. The van der Waals surface area contributed by atoms with Gasteiger partial charge in [-0.15, -0.1) is 0 Å². The van der Waals surface area contributed by atoms with E-state index in [1.165, 1.54) is 0 Å². The van der Waals surface area contributed by atoms with Crippen LogP contribution in [0.3, 0.4) is 0 Å². The molecule has 0 aliphatic carbocycles. The van der Waals surface area contributed by atoms with Crippen LogP contribution in [-0.4, -0.2) is 30.1 Å². The summed E-state index contributed by atoms with van der Waals surface area (Å²) in [4.78, 5) is 21.2. The number of nitrogens with one attached hydrogen (secondary N) is 1. The molecule has 5 heteroatoms. The van der Waals surface area contributed by atoms with Crippen LogP contribution in [0.5, 0.6) is 0 Å². The Hall–Kier alpha value is -1.10. The summed E-state index contributed by atoms with van der Waals surface area (Å²) < 4.78 is 0. The zero-order chi connectivity index (χ0) is 9.14. The van der Waals surface area contributed by atoms with E-state index in [1.54, 1.807) is 0 Å². The number of carbonyl (C=O) groups is 2. The van der Waals surface area contributed by atoms with Crippen molar-refractivity contribution >= 4 is 11.9 Å². The van der Waals surface area contributed by atoms with Gasteiger partial charge in [0.15, 0.2) is 0 Å². The van der Waals surface area contributed by atoms with Crippen molar-refractivity contribution in [2.45, 2.75) is 6.42 Å². The molecule has 12 heavy (non-hydrogen) atoms. The van der Waals surface area contributed by atoms with E-state index in [0.29, 0.717) is 19.5 Å². The molecule has 0 saturated carbocycles. The number of piperidine rings is 1. The molecule has 0 spiro atoms. The zero-order valence-electron chi connectivity index (χ0n) is 6.62. The van der Waals surface area contributed by atoms with E-state index in [1.807, 2.05) is 0 Å². The molecule has 1 aliphatic heterocycles. The van der Waals surface area contributed by atoms with E-state index in [9.17, 15) is 9.59 Å². The molecule has 4 N–H and O–H groups in total. The van der Waals surface area contributed by atoms with E-state index >= 15 is 0 Å². The molecule has 0 radical (unpaired) electrons. The molecular formula is C7H12N2O3. The zero-order valence-corrected chi connectivity index (χ0v) is 6.62. The Labute approximate surface area is 69.9 Å². The van der Waals surface area contributed by atoms with Crippen LogP contribution < -0.4 is 11.1 Å². The summed E-state index contributed by atoms with van der Waals surface area (Å²) in [6.07, 6.45) is 0.359. The van der Waals surface area contributed by atoms with Gasteiger partial charge < -0.3 is 16.2 Å². The van der Waals surface area contributed by atoms with Crippen molar-refractivity contribution in [2.24, 2.45) is 17.6 Å². The Kier molecular flexibility index (Phi) is 2.65. The van der Waals surface area contributed by atoms with Gasteiger partial charge in [0.2, 0.25) is 5.91 Å². The van der Waals surface area contributed by atoms with Gasteiger partial charge in [0.25, 0.3) is 0 Å². The van der Waals surface area contributed by atoms with Crippen LogP contribution in [-0.2, 0) is 9.59 Å². The molecule has 1 aliphatic rings. The molecule has 0 bridgehead atoms. The number of hydrogen-bond acceptors (Lipinski definition) is 3. The minimum absolute atomic E-state index is 0.333. The molecule has 68 valence electrons. The molecule has 0 aromatic carbocycles. The number of amides is 1. The van der Waals surface area contributed by atoms with Crippen LogP contribution >= 0.6 is 0 Å². The van der Waals surface area contributed by atoms with Gasteiger partial charge in [-0.2, -0.15) is 0 Å². The van der Waals surface area contributed by atoms with Crippen molar-refractivity contribution in [1.29, 1.82) is 0 Å². The summed E-state index contributed by atoms with van der Waals surface area (Å²) in [7, 11) is 0. The third kappa shape index (κ3) is 1.94. The second kappa shape index (κ2) is 3.53. The van der Waals surface area contributed by atoms with E-state index < -0.39 is 17.8 Å². The number of primary amides is 1. The quantitative estimate of drug-likeness (QED) is 0.487. The van der Waals surface area contributed by atoms with Crippen molar-refractivity contribution in [3.05, 3.63) is 0 Å². The molecule has 1 amide bonds. The lowest BCUT2D eigenvalue weighted by Gasteiger charge is -2.25. The average Bonchev–Trinajstić information content (AvgIpc) is 2.04. The third-order valence-corrected chi connectivity index (χ3v) is 2.10. The maximum absolute atomic E-state index is 10.7. The highest BCUT2D eigenvalue weighted by molar-refractivity contribution is 5.78. The topological polar surface area (TPSA) is 92.4 Å². The largest absolute Gasteiger partial charge is 0.481 e.